The summed E-state index contributed by atoms with van der Waals surface area (Å²) in [5.74, 6) is 0.962. The number of carbonyl (C=O) groups excluding carboxylic acids is 1. The highest BCUT2D eigenvalue weighted by Crippen LogP contribution is 2.14. The van der Waals surface area contributed by atoms with Gasteiger partial charge in [-0.25, -0.2) is 0 Å². The van der Waals surface area contributed by atoms with Crippen molar-refractivity contribution in [3.05, 3.63) is 0 Å². The van der Waals surface area contributed by atoms with Crippen LogP contribution in [0.1, 0.15) is 52.4 Å². The molecule has 0 aromatic heterocycles. The molecule has 1 aliphatic heterocycles. The maximum absolute atomic E-state index is 11.7. The van der Waals surface area contributed by atoms with E-state index >= 15 is 0 Å². The van der Waals surface area contributed by atoms with Crippen molar-refractivity contribution in [2.45, 2.75) is 58.4 Å². The van der Waals surface area contributed by atoms with Crippen LogP contribution in [0.3, 0.4) is 0 Å². The van der Waals surface area contributed by atoms with Crippen LogP contribution in [0, 0.1) is 5.92 Å². The number of amides is 1. The minimum atomic E-state index is 0.243. The fourth-order valence-corrected chi connectivity index (χ4v) is 2.32. The van der Waals surface area contributed by atoms with Gasteiger partial charge in [0.2, 0.25) is 5.91 Å². The third-order valence-electron chi connectivity index (χ3n) is 3.44. The molecule has 2 atom stereocenters. The lowest BCUT2D eigenvalue weighted by Crippen LogP contribution is -2.34. The fourth-order valence-electron chi connectivity index (χ4n) is 2.32. The Bertz CT molecular complexity index is 200. The molecule has 0 aromatic rings. The molecule has 0 saturated carbocycles. The summed E-state index contributed by atoms with van der Waals surface area (Å²) in [6, 6.07) is 0.388. The number of rotatable bonds is 7. The number of nitrogens with one attached hydrogen (secondary N) is 2. The summed E-state index contributed by atoms with van der Waals surface area (Å²) in [5, 5.41) is 6.47. The third kappa shape index (κ3) is 4.97. The molecular formula is C13H26N2O. The molecule has 0 bridgehead atoms. The monoisotopic (exact) mass is 226 g/mol. The summed E-state index contributed by atoms with van der Waals surface area (Å²) >= 11 is 0. The van der Waals surface area contributed by atoms with Crippen LogP contribution in [0.15, 0.2) is 0 Å². The van der Waals surface area contributed by atoms with Gasteiger partial charge in [0.1, 0.15) is 0 Å². The number of hydrogen-bond donors (Lipinski definition) is 2. The Morgan fingerprint density at radius 3 is 2.88 bits per heavy atom. The lowest BCUT2D eigenvalue weighted by atomic mass is 10.0. The van der Waals surface area contributed by atoms with Gasteiger partial charge >= 0.3 is 0 Å². The van der Waals surface area contributed by atoms with Crippen molar-refractivity contribution in [3.8, 4) is 0 Å². The summed E-state index contributed by atoms with van der Waals surface area (Å²) in [6.07, 6.45) is 6.27. The second-order valence-corrected chi connectivity index (χ2v) is 4.86. The molecular weight excluding hydrogens is 200 g/mol. The largest absolute Gasteiger partial charge is 0.353 e. The van der Waals surface area contributed by atoms with Crippen molar-refractivity contribution in [2.75, 3.05) is 13.1 Å². The summed E-state index contributed by atoms with van der Waals surface area (Å²) in [4.78, 5) is 11.7. The molecule has 1 aliphatic rings. The third-order valence-corrected chi connectivity index (χ3v) is 3.44. The Balaban J connectivity index is 2.13. The van der Waals surface area contributed by atoms with E-state index in [0.717, 1.165) is 44.7 Å². The van der Waals surface area contributed by atoms with Crippen molar-refractivity contribution < 1.29 is 4.79 Å². The van der Waals surface area contributed by atoms with Crippen molar-refractivity contribution >= 4 is 5.91 Å². The highest BCUT2D eigenvalue weighted by atomic mass is 16.1. The summed E-state index contributed by atoms with van der Waals surface area (Å²) in [7, 11) is 0. The van der Waals surface area contributed by atoms with Crippen LogP contribution in [0.2, 0.25) is 0 Å². The second-order valence-electron chi connectivity index (χ2n) is 4.86. The zero-order chi connectivity index (χ0) is 11.8. The van der Waals surface area contributed by atoms with E-state index in [1.54, 1.807) is 0 Å². The van der Waals surface area contributed by atoms with Crippen molar-refractivity contribution in [3.63, 3.8) is 0 Å². The number of hydrogen-bond acceptors (Lipinski definition) is 2. The van der Waals surface area contributed by atoms with Crippen LogP contribution in [0.25, 0.3) is 0 Å². The lowest BCUT2D eigenvalue weighted by molar-refractivity contribution is -0.122. The quantitative estimate of drug-likeness (QED) is 0.698. The van der Waals surface area contributed by atoms with E-state index in [1.165, 1.54) is 6.42 Å². The Kier molecular flexibility index (Phi) is 6.46. The lowest BCUT2D eigenvalue weighted by Gasteiger charge is -2.16. The molecule has 0 spiro atoms. The van der Waals surface area contributed by atoms with E-state index in [0.29, 0.717) is 12.5 Å². The van der Waals surface area contributed by atoms with Crippen molar-refractivity contribution in [1.29, 1.82) is 0 Å². The summed E-state index contributed by atoms with van der Waals surface area (Å²) in [6.45, 7) is 6.53. The Morgan fingerprint density at radius 1 is 1.50 bits per heavy atom. The van der Waals surface area contributed by atoms with Gasteiger partial charge in [0, 0.05) is 12.5 Å². The van der Waals surface area contributed by atoms with Gasteiger partial charge < -0.3 is 10.6 Å². The minimum Gasteiger partial charge on any atom is -0.353 e. The molecule has 94 valence electrons. The topological polar surface area (TPSA) is 41.1 Å². The van der Waals surface area contributed by atoms with Gasteiger partial charge in [-0.05, 0) is 44.7 Å². The van der Waals surface area contributed by atoms with Crippen LogP contribution in [0.5, 0.6) is 0 Å². The standard InChI is InChI=1S/C13H26N2O/c1-3-5-12(4-2)15-13(16)7-6-11-8-9-14-10-11/h11-12,14H,3-10H2,1-2H3,(H,15,16). The van der Waals surface area contributed by atoms with Gasteiger partial charge in [-0.15, -0.1) is 0 Å². The average molecular weight is 226 g/mol. The van der Waals surface area contributed by atoms with Crippen molar-refractivity contribution in [1.82, 2.24) is 10.6 Å². The van der Waals surface area contributed by atoms with E-state index in [2.05, 4.69) is 24.5 Å². The minimum absolute atomic E-state index is 0.243. The Morgan fingerprint density at radius 2 is 2.31 bits per heavy atom. The molecule has 0 aliphatic carbocycles. The Hall–Kier alpha value is -0.570. The van der Waals surface area contributed by atoms with Gasteiger partial charge in [-0.2, -0.15) is 0 Å². The highest BCUT2D eigenvalue weighted by molar-refractivity contribution is 5.76. The highest BCUT2D eigenvalue weighted by Gasteiger charge is 2.16. The molecule has 16 heavy (non-hydrogen) atoms. The van der Waals surface area contributed by atoms with Crippen LogP contribution < -0.4 is 10.6 Å². The maximum Gasteiger partial charge on any atom is 0.220 e. The summed E-state index contributed by atoms with van der Waals surface area (Å²) in [5.41, 5.74) is 0. The smallest absolute Gasteiger partial charge is 0.220 e. The van der Waals surface area contributed by atoms with Gasteiger partial charge in [-0.3, -0.25) is 4.79 Å². The summed E-state index contributed by atoms with van der Waals surface area (Å²) < 4.78 is 0. The molecule has 1 rings (SSSR count). The molecule has 2 N–H and O–H groups in total. The fraction of sp³-hybridized carbons (Fsp3) is 0.923. The molecule has 3 nitrogen and oxygen atoms in total. The molecule has 2 unspecified atom stereocenters. The van der Waals surface area contributed by atoms with Gasteiger partial charge in [-0.1, -0.05) is 20.3 Å². The van der Waals surface area contributed by atoms with Gasteiger partial charge in [0.25, 0.3) is 0 Å². The van der Waals surface area contributed by atoms with Crippen LogP contribution in [0.4, 0.5) is 0 Å². The van der Waals surface area contributed by atoms with E-state index in [1.807, 2.05) is 0 Å². The molecule has 3 heteroatoms. The molecule has 1 fully saturated rings. The molecule has 1 saturated heterocycles. The predicted octanol–water partition coefficient (Wildman–Crippen LogP) is 2.07. The zero-order valence-corrected chi connectivity index (χ0v) is 10.7. The number of carbonyl (C=O) groups is 1. The van der Waals surface area contributed by atoms with E-state index in [-0.39, 0.29) is 5.91 Å². The first-order chi connectivity index (χ1) is 7.76. The molecule has 1 heterocycles. The van der Waals surface area contributed by atoms with Crippen molar-refractivity contribution in [2.24, 2.45) is 5.92 Å². The van der Waals surface area contributed by atoms with E-state index < -0.39 is 0 Å². The maximum atomic E-state index is 11.7. The van der Waals surface area contributed by atoms with Gasteiger partial charge in [0.15, 0.2) is 0 Å². The zero-order valence-electron chi connectivity index (χ0n) is 10.7. The Labute approximate surface area is 99.4 Å². The predicted molar refractivity (Wildman–Crippen MR) is 67.3 cm³/mol. The van der Waals surface area contributed by atoms with Gasteiger partial charge in [0.05, 0.1) is 0 Å². The van der Waals surface area contributed by atoms with Crippen LogP contribution >= 0.6 is 0 Å². The first kappa shape index (κ1) is 13.5. The molecule has 0 radical (unpaired) electrons. The first-order valence-corrected chi connectivity index (χ1v) is 6.76. The average Bonchev–Trinajstić information content (AvgIpc) is 2.78. The van der Waals surface area contributed by atoms with Crippen LogP contribution in [-0.2, 0) is 4.79 Å². The molecule has 0 aromatic carbocycles. The van der Waals surface area contributed by atoms with E-state index in [9.17, 15) is 4.79 Å². The van der Waals surface area contributed by atoms with E-state index in [4.69, 9.17) is 0 Å². The SMILES string of the molecule is CCCC(CC)NC(=O)CCC1CCNC1. The normalized spacial score (nSPS) is 22.0. The second kappa shape index (κ2) is 7.66. The first-order valence-electron chi connectivity index (χ1n) is 6.76. The van der Waals surface area contributed by atoms with Crippen LogP contribution in [-0.4, -0.2) is 25.0 Å². The molecule has 1 amide bonds.